The number of amides is 3. The lowest BCUT2D eigenvalue weighted by atomic mass is 9.99. The second-order valence-electron chi connectivity index (χ2n) is 5.41. The van der Waals surface area contributed by atoms with E-state index in [1.165, 1.54) is 18.1 Å². The fourth-order valence-corrected chi connectivity index (χ4v) is 2.63. The van der Waals surface area contributed by atoms with Crippen LogP contribution in [0.5, 0.6) is 0 Å². The molecule has 3 rings (SSSR count). The van der Waals surface area contributed by atoms with Gasteiger partial charge in [0.15, 0.2) is 5.11 Å². The molecular formula is C16H14N4O3S. The van der Waals surface area contributed by atoms with Crippen molar-refractivity contribution in [2.45, 2.75) is 6.92 Å². The summed E-state index contributed by atoms with van der Waals surface area (Å²) in [6.07, 6.45) is 1.35. The highest BCUT2D eigenvalue weighted by atomic mass is 32.1. The third kappa shape index (κ3) is 2.61. The SMILES string of the molecule is CC1=NN(c2ccccc2)C(=O)[C@H]1/C=C1/C(=O)NC(=S)N(C)C1=O. The molecule has 0 bridgehead atoms. The summed E-state index contributed by atoms with van der Waals surface area (Å²) >= 11 is 4.89. The number of hydrogen-bond acceptors (Lipinski definition) is 5. The van der Waals surface area contributed by atoms with Crippen molar-refractivity contribution in [1.29, 1.82) is 0 Å². The standard InChI is InChI=1S/C16H14N4O3S/c1-9-11(8-12-13(21)17-16(24)19(2)14(12)22)15(23)20(18-9)10-6-4-3-5-7-10/h3-8,11H,1-2H3,(H,17,21,24)/b12-8-/t11-/m0/s1. The molecule has 0 saturated carbocycles. The number of anilines is 1. The number of hydrogen-bond donors (Lipinski definition) is 1. The maximum Gasteiger partial charge on any atom is 0.265 e. The topological polar surface area (TPSA) is 82.1 Å². The second-order valence-corrected chi connectivity index (χ2v) is 5.80. The smallest absolute Gasteiger partial charge is 0.265 e. The van der Waals surface area contributed by atoms with E-state index in [1.807, 2.05) is 6.07 Å². The molecule has 0 spiro atoms. The lowest BCUT2D eigenvalue weighted by Crippen LogP contribution is -2.52. The van der Waals surface area contributed by atoms with E-state index < -0.39 is 17.7 Å². The van der Waals surface area contributed by atoms with Crippen molar-refractivity contribution >= 4 is 46.5 Å². The first-order chi connectivity index (χ1) is 11.4. The van der Waals surface area contributed by atoms with Crippen LogP contribution in [-0.4, -0.2) is 40.5 Å². The Hall–Kier alpha value is -2.87. The number of rotatable bonds is 2. The minimum Gasteiger partial charge on any atom is -0.298 e. The Balaban J connectivity index is 1.92. The van der Waals surface area contributed by atoms with Gasteiger partial charge in [0.05, 0.1) is 17.3 Å². The van der Waals surface area contributed by atoms with Gasteiger partial charge >= 0.3 is 0 Å². The minimum absolute atomic E-state index is 0.0381. The third-order valence-electron chi connectivity index (χ3n) is 3.82. The number of nitrogens with one attached hydrogen (secondary N) is 1. The normalized spacial score (nSPS) is 23.0. The Labute approximate surface area is 143 Å². The van der Waals surface area contributed by atoms with Gasteiger partial charge in [-0.1, -0.05) is 18.2 Å². The molecule has 1 saturated heterocycles. The predicted octanol–water partition coefficient (Wildman–Crippen LogP) is 0.825. The van der Waals surface area contributed by atoms with E-state index in [1.54, 1.807) is 31.2 Å². The molecule has 3 amide bonds. The van der Waals surface area contributed by atoms with Crippen LogP contribution in [0.2, 0.25) is 0 Å². The molecular weight excluding hydrogens is 328 g/mol. The zero-order valence-electron chi connectivity index (χ0n) is 13.0. The highest BCUT2D eigenvalue weighted by Crippen LogP contribution is 2.25. The van der Waals surface area contributed by atoms with Crippen molar-refractivity contribution < 1.29 is 14.4 Å². The van der Waals surface area contributed by atoms with Crippen LogP contribution < -0.4 is 10.3 Å². The fraction of sp³-hybridized carbons (Fsp3) is 0.188. The number of para-hydroxylation sites is 1. The molecule has 0 unspecified atom stereocenters. The maximum absolute atomic E-state index is 12.6. The first-order valence-corrected chi connectivity index (χ1v) is 7.60. The third-order valence-corrected chi connectivity index (χ3v) is 4.20. The van der Waals surface area contributed by atoms with E-state index in [0.29, 0.717) is 11.4 Å². The van der Waals surface area contributed by atoms with Gasteiger partial charge in [-0.3, -0.25) is 24.6 Å². The molecule has 1 aromatic rings. The van der Waals surface area contributed by atoms with E-state index in [0.717, 1.165) is 4.90 Å². The zero-order valence-corrected chi connectivity index (χ0v) is 13.8. The van der Waals surface area contributed by atoms with Crippen molar-refractivity contribution in [2.24, 2.45) is 11.0 Å². The monoisotopic (exact) mass is 342 g/mol. The van der Waals surface area contributed by atoms with Gasteiger partial charge in [-0.2, -0.15) is 10.1 Å². The summed E-state index contributed by atoms with van der Waals surface area (Å²) in [6, 6.07) is 8.95. The van der Waals surface area contributed by atoms with Crippen LogP contribution in [-0.2, 0) is 14.4 Å². The van der Waals surface area contributed by atoms with Gasteiger partial charge in [0.25, 0.3) is 17.7 Å². The number of carbonyl (C=O) groups excluding carboxylic acids is 3. The summed E-state index contributed by atoms with van der Waals surface area (Å²) in [5, 5.41) is 7.98. The van der Waals surface area contributed by atoms with E-state index in [9.17, 15) is 14.4 Å². The molecule has 2 aliphatic rings. The Morgan fingerprint density at radius 2 is 1.88 bits per heavy atom. The first-order valence-electron chi connectivity index (χ1n) is 7.19. The summed E-state index contributed by atoms with van der Waals surface area (Å²) < 4.78 is 0. The molecule has 7 nitrogen and oxygen atoms in total. The lowest BCUT2D eigenvalue weighted by Gasteiger charge is -2.25. The minimum atomic E-state index is -0.769. The van der Waals surface area contributed by atoms with Gasteiger partial charge in [0.2, 0.25) is 0 Å². The zero-order chi connectivity index (χ0) is 17.4. The summed E-state index contributed by atoms with van der Waals surface area (Å²) in [7, 11) is 1.46. The summed E-state index contributed by atoms with van der Waals surface area (Å²) in [5.41, 5.74) is 1.02. The van der Waals surface area contributed by atoms with Crippen molar-refractivity contribution in [2.75, 3.05) is 12.1 Å². The van der Waals surface area contributed by atoms with E-state index in [4.69, 9.17) is 12.2 Å². The molecule has 2 heterocycles. The van der Waals surface area contributed by atoms with E-state index >= 15 is 0 Å². The molecule has 122 valence electrons. The van der Waals surface area contributed by atoms with Crippen molar-refractivity contribution in [3.63, 3.8) is 0 Å². The number of carbonyl (C=O) groups is 3. The van der Waals surface area contributed by atoms with Crippen molar-refractivity contribution in [3.8, 4) is 0 Å². The molecule has 0 aliphatic carbocycles. The highest BCUT2D eigenvalue weighted by molar-refractivity contribution is 7.80. The average Bonchev–Trinajstić information content (AvgIpc) is 2.85. The van der Waals surface area contributed by atoms with Crippen LogP contribution in [0.4, 0.5) is 5.69 Å². The van der Waals surface area contributed by atoms with Gasteiger partial charge in [-0.15, -0.1) is 0 Å². The van der Waals surface area contributed by atoms with Crippen LogP contribution in [0.1, 0.15) is 6.92 Å². The molecule has 0 radical (unpaired) electrons. The molecule has 1 aromatic carbocycles. The van der Waals surface area contributed by atoms with Gasteiger partial charge < -0.3 is 0 Å². The van der Waals surface area contributed by atoms with Gasteiger partial charge in [-0.05, 0) is 37.4 Å². The fourth-order valence-electron chi connectivity index (χ4n) is 2.46. The molecule has 24 heavy (non-hydrogen) atoms. The van der Waals surface area contributed by atoms with Gasteiger partial charge in [0, 0.05) is 7.05 Å². The largest absolute Gasteiger partial charge is 0.298 e. The average molecular weight is 342 g/mol. The number of thiocarbonyl (C=S) groups is 1. The summed E-state index contributed by atoms with van der Waals surface area (Å²) in [4.78, 5) is 38.1. The van der Waals surface area contributed by atoms with Crippen LogP contribution in [0.25, 0.3) is 0 Å². The number of benzene rings is 1. The molecule has 8 heteroatoms. The number of nitrogens with zero attached hydrogens (tertiary/aromatic N) is 3. The second kappa shape index (κ2) is 5.97. The number of hydrazone groups is 1. The molecule has 1 fully saturated rings. The highest BCUT2D eigenvalue weighted by Gasteiger charge is 2.37. The predicted molar refractivity (Wildman–Crippen MR) is 92.1 cm³/mol. The van der Waals surface area contributed by atoms with Crippen LogP contribution in [0, 0.1) is 5.92 Å². The van der Waals surface area contributed by atoms with E-state index in [-0.39, 0.29) is 16.6 Å². The Morgan fingerprint density at radius 3 is 2.54 bits per heavy atom. The number of likely N-dealkylation sites (N-methyl/N-ethyl adjacent to an activating group) is 1. The molecule has 1 atom stereocenters. The lowest BCUT2D eigenvalue weighted by molar-refractivity contribution is -0.128. The van der Waals surface area contributed by atoms with Crippen LogP contribution in [0.15, 0.2) is 47.1 Å². The van der Waals surface area contributed by atoms with Crippen molar-refractivity contribution in [3.05, 3.63) is 42.0 Å². The maximum atomic E-state index is 12.6. The van der Waals surface area contributed by atoms with Crippen molar-refractivity contribution in [1.82, 2.24) is 10.2 Å². The Bertz CT molecular complexity index is 816. The quantitative estimate of drug-likeness (QED) is 0.490. The van der Waals surface area contributed by atoms with E-state index in [2.05, 4.69) is 10.4 Å². The first kappa shape index (κ1) is 16.0. The molecule has 1 N–H and O–H groups in total. The van der Waals surface area contributed by atoms with Crippen LogP contribution >= 0.6 is 12.2 Å². The van der Waals surface area contributed by atoms with Crippen LogP contribution in [0.3, 0.4) is 0 Å². The van der Waals surface area contributed by atoms with Gasteiger partial charge in [-0.25, -0.2) is 0 Å². The van der Waals surface area contributed by atoms with Gasteiger partial charge in [0.1, 0.15) is 5.57 Å². The molecule has 0 aromatic heterocycles. The Kier molecular flexibility index (Phi) is 3.98. The Morgan fingerprint density at radius 1 is 1.21 bits per heavy atom. The summed E-state index contributed by atoms with van der Waals surface area (Å²) in [6.45, 7) is 1.68. The summed E-state index contributed by atoms with van der Waals surface area (Å²) in [5.74, 6) is -2.23. The molecule has 2 aliphatic heterocycles.